The van der Waals surface area contributed by atoms with Crippen molar-refractivity contribution in [3.05, 3.63) is 0 Å². The van der Waals surface area contributed by atoms with E-state index in [1.54, 1.807) is 5.01 Å². The number of hydrogen-bond acceptors (Lipinski definition) is 5. The first-order valence-corrected chi connectivity index (χ1v) is 4.70. The summed E-state index contributed by atoms with van der Waals surface area (Å²) in [4.78, 5) is 21.7. The molecular formula is C8H15N3O4. The molecule has 1 atom stereocenters. The van der Waals surface area contributed by atoms with Crippen LogP contribution in [-0.4, -0.2) is 54.3 Å². The lowest BCUT2D eigenvalue weighted by Crippen LogP contribution is -2.53. The van der Waals surface area contributed by atoms with Crippen LogP contribution in [0.1, 0.15) is 6.42 Å². The third-order valence-electron chi connectivity index (χ3n) is 2.01. The van der Waals surface area contributed by atoms with Gasteiger partial charge in [-0.25, -0.2) is 5.01 Å². The highest BCUT2D eigenvalue weighted by Gasteiger charge is 2.20. The summed E-state index contributed by atoms with van der Waals surface area (Å²) in [6, 6.07) is -1.01. The number of ether oxygens (including phenoxy) is 1. The quantitative estimate of drug-likeness (QED) is 0.510. The number of nitrogens with two attached hydrogens (primary N) is 1. The van der Waals surface area contributed by atoms with Crippen molar-refractivity contribution in [3.8, 4) is 0 Å². The molecule has 1 aliphatic heterocycles. The second-order valence-electron chi connectivity index (χ2n) is 3.28. The van der Waals surface area contributed by atoms with Crippen LogP contribution in [0.2, 0.25) is 0 Å². The molecule has 1 fully saturated rings. The third-order valence-corrected chi connectivity index (χ3v) is 2.01. The van der Waals surface area contributed by atoms with Crippen molar-refractivity contribution in [3.63, 3.8) is 0 Å². The lowest BCUT2D eigenvalue weighted by Gasteiger charge is -2.27. The monoisotopic (exact) mass is 217 g/mol. The van der Waals surface area contributed by atoms with Crippen molar-refractivity contribution >= 4 is 11.9 Å². The first-order valence-electron chi connectivity index (χ1n) is 4.70. The van der Waals surface area contributed by atoms with Crippen molar-refractivity contribution in [1.82, 2.24) is 10.4 Å². The van der Waals surface area contributed by atoms with Crippen LogP contribution in [0.15, 0.2) is 0 Å². The highest BCUT2D eigenvalue weighted by Crippen LogP contribution is 1.94. The number of hydrogen-bond donors (Lipinski definition) is 3. The minimum atomic E-state index is -1.08. The Kier molecular flexibility index (Phi) is 4.47. The van der Waals surface area contributed by atoms with Crippen molar-refractivity contribution in [2.75, 3.05) is 26.3 Å². The molecule has 7 nitrogen and oxygen atoms in total. The Morgan fingerprint density at radius 1 is 1.47 bits per heavy atom. The Hall–Kier alpha value is -1.18. The van der Waals surface area contributed by atoms with Gasteiger partial charge < -0.3 is 15.6 Å². The molecule has 0 aromatic rings. The molecule has 0 spiro atoms. The average Bonchev–Trinajstić information content (AvgIpc) is 2.18. The predicted octanol–water partition coefficient (Wildman–Crippen LogP) is -1.85. The summed E-state index contributed by atoms with van der Waals surface area (Å²) < 4.78 is 5.09. The van der Waals surface area contributed by atoms with E-state index >= 15 is 0 Å². The number of nitrogens with one attached hydrogen (secondary N) is 1. The number of aliphatic carboxylic acids is 1. The largest absolute Gasteiger partial charge is 0.481 e. The number of morpholine rings is 1. The molecule has 0 aliphatic carbocycles. The summed E-state index contributed by atoms with van der Waals surface area (Å²) in [5.41, 5.74) is 7.93. The number of carboxylic acids is 1. The lowest BCUT2D eigenvalue weighted by molar-refractivity contribution is -0.140. The number of nitrogens with zero attached hydrogens (tertiary/aromatic N) is 1. The molecule has 1 aliphatic rings. The number of carbonyl (C=O) groups is 2. The van der Waals surface area contributed by atoms with Crippen molar-refractivity contribution < 1.29 is 19.4 Å². The maximum absolute atomic E-state index is 11.4. The van der Waals surface area contributed by atoms with Gasteiger partial charge in [-0.3, -0.25) is 15.0 Å². The fraction of sp³-hybridized carbons (Fsp3) is 0.750. The Morgan fingerprint density at radius 2 is 2.07 bits per heavy atom. The maximum atomic E-state index is 11.4. The van der Waals surface area contributed by atoms with Crippen LogP contribution in [0.25, 0.3) is 0 Å². The number of carbonyl (C=O) groups excluding carboxylic acids is 1. The number of carboxylic acid groups (broad SMARTS) is 1. The standard InChI is InChI=1S/C8H15N3O4/c9-6(5-7(12)13)8(14)10-11-1-3-15-4-2-11/h6H,1-5,9H2,(H,10,14)(H,12,13). The molecule has 0 bridgehead atoms. The first kappa shape index (κ1) is 11.9. The van der Waals surface area contributed by atoms with E-state index in [0.29, 0.717) is 26.3 Å². The molecule has 0 aromatic carbocycles. The normalized spacial score (nSPS) is 19.5. The van der Waals surface area contributed by atoms with Crippen LogP contribution in [0, 0.1) is 0 Å². The van der Waals surface area contributed by atoms with Gasteiger partial charge in [-0.05, 0) is 0 Å². The van der Waals surface area contributed by atoms with Crippen molar-refractivity contribution in [2.45, 2.75) is 12.5 Å². The molecule has 0 radical (unpaired) electrons. The Labute approximate surface area is 87.1 Å². The fourth-order valence-corrected chi connectivity index (χ4v) is 1.19. The molecule has 15 heavy (non-hydrogen) atoms. The summed E-state index contributed by atoms with van der Waals surface area (Å²) in [5, 5.41) is 10.1. The highest BCUT2D eigenvalue weighted by molar-refractivity contribution is 5.85. The maximum Gasteiger partial charge on any atom is 0.305 e. The second kappa shape index (κ2) is 5.64. The summed E-state index contributed by atoms with van der Waals surface area (Å²) in [7, 11) is 0. The molecule has 0 aromatic heterocycles. The summed E-state index contributed by atoms with van der Waals surface area (Å²) in [6.45, 7) is 2.28. The van der Waals surface area contributed by atoms with Crippen LogP contribution >= 0.6 is 0 Å². The van der Waals surface area contributed by atoms with Gasteiger partial charge in [0.25, 0.3) is 5.91 Å². The van der Waals surface area contributed by atoms with E-state index in [0.717, 1.165) is 0 Å². The summed E-state index contributed by atoms with van der Waals surface area (Å²) >= 11 is 0. The minimum Gasteiger partial charge on any atom is -0.481 e. The van der Waals surface area contributed by atoms with E-state index in [1.807, 2.05) is 0 Å². The molecular weight excluding hydrogens is 202 g/mol. The molecule has 1 heterocycles. The van der Waals surface area contributed by atoms with Gasteiger partial charge in [-0.1, -0.05) is 0 Å². The smallest absolute Gasteiger partial charge is 0.305 e. The summed E-state index contributed by atoms with van der Waals surface area (Å²) in [5.74, 6) is -1.56. The molecule has 7 heteroatoms. The Morgan fingerprint density at radius 3 is 2.60 bits per heavy atom. The topological polar surface area (TPSA) is 105 Å². The Bertz CT molecular complexity index is 240. The Balaban J connectivity index is 2.30. The van der Waals surface area contributed by atoms with Gasteiger partial charge in [0.15, 0.2) is 0 Å². The van der Waals surface area contributed by atoms with Gasteiger partial charge >= 0.3 is 5.97 Å². The van der Waals surface area contributed by atoms with Gasteiger partial charge in [-0.15, -0.1) is 0 Å². The SMILES string of the molecule is NC(CC(=O)O)C(=O)NN1CCOCC1. The second-order valence-corrected chi connectivity index (χ2v) is 3.28. The van der Waals surface area contributed by atoms with Crippen LogP contribution in [-0.2, 0) is 14.3 Å². The van der Waals surface area contributed by atoms with Gasteiger partial charge in [-0.2, -0.15) is 0 Å². The van der Waals surface area contributed by atoms with E-state index in [-0.39, 0.29) is 6.42 Å². The molecule has 0 saturated carbocycles. The summed E-state index contributed by atoms with van der Waals surface area (Å²) in [6.07, 6.45) is -0.365. The molecule has 86 valence electrons. The highest BCUT2D eigenvalue weighted by atomic mass is 16.5. The van der Waals surface area contributed by atoms with E-state index in [2.05, 4.69) is 5.43 Å². The van der Waals surface area contributed by atoms with Gasteiger partial charge in [0.05, 0.1) is 25.7 Å². The van der Waals surface area contributed by atoms with Crippen LogP contribution in [0.4, 0.5) is 0 Å². The van der Waals surface area contributed by atoms with Crippen molar-refractivity contribution in [2.24, 2.45) is 5.73 Å². The molecule has 1 unspecified atom stereocenters. The van der Waals surface area contributed by atoms with Crippen LogP contribution in [0.5, 0.6) is 0 Å². The zero-order chi connectivity index (χ0) is 11.3. The first-order chi connectivity index (χ1) is 7.09. The molecule has 1 amide bonds. The number of hydrazine groups is 1. The molecule has 1 rings (SSSR count). The van der Waals surface area contributed by atoms with E-state index in [1.165, 1.54) is 0 Å². The van der Waals surface area contributed by atoms with E-state index in [4.69, 9.17) is 15.6 Å². The van der Waals surface area contributed by atoms with E-state index < -0.39 is 17.9 Å². The van der Waals surface area contributed by atoms with Gasteiger partial charge in [0, 0.05) is 13.1 Å². The number of amides is 1. The van der Waals surface area contributed by atoms with Gasteiger partial charge in [0.2, 0.25) is 0 Å². The minimum absolute atomic E-state index is 0.365. The zero-order valence-corrected chi connectivity index (χ0v) is 8.31. The van der Waals surface area contributed by atoms with Gasteiger partial charge in [0.1, 0.15) is 0 Å². The third kappa shape index (κ3) is 4.24. The lowest BCUT2D eigenvalue weighted by atomic mass is 10.2. The number of rotatable bonds is 4. The molecule has 4 N–H and O–H groups in total. The van der Waals surface area contributed by atoms with Crippen molar-refractivity contribution in [1.29, 1.82) is 0 Å². The predicted molar refractivity (Wildman–Crippen MR) is 50.8 cm³/mol. The average molecular weight is 217 g/mol. The van der Waals surface area contributed by atoms with E-state index in [9.17, 15) is 9.59 Å². The fourth-order valence-electron chi connectivity index (χ4n) is 1.19. The zero-order valence-electron chi connectivity index (χ0n) is 8.31. The van der Waals surface area contributed by atoms with Crippen LogP contribution < -0.4 is 11.2 Å². The molecule has 1 saturated heterocycles. The van der Waals surface area contributed by atoms with Crippen LogP contribution in [0.3, 0.4) is 0 Å².